The molecule has 0 aliphatic rings. The van der Waals surface area contributed by atoms with Crippen LogP contribution in [0.1, 0.15) is 33.0 Å². The highest BCUT2D eigenvalue weighted by Crippen LogP contribution is 2.21. The second kappa shape index (κ2) is 6.66. The third kappa shape index (κ3) is 3.90. The molecule has 0 spiro atoms. The summed E-state index contributed by atoms with van der Waals surface area (Å²) in [7, 11) is 0. The number of H-pyrrole nitrogens is 1. The molecule has 0 aliphatic carbocycles. The monoisotopic (exact) mass is 288 g/mol. The minimum Gasteiger partial charge on any atom is -0.491 e. The predicted octanol–water partition coefficient (Wildman–Crippen LogP) is 4.55. The molecule has 0 saturated carbocycles. The van der Waals surface area contributed by atoms with Crippen LogP contribution in [0.5, 0.6) is 5.75 Å². The van der Waals surface area contributed by atoms with E-state index in [1.165, 1.54) is 0 Å². The van der Waals surface area contributed by atoms with Crippen LogP contribution in [-0.4, -0.2) is 16.1 Å². The molecule has 1 aromatic heterocycles. The molecule has 0 fully saturated rings. The summed E-state index contributed by atoms with van der Waals surface area (Å²) < 4.78 is 6.28. The van der Waals surface area contributed by atoms with E-state index in [0.717, 1.165) is 35.7 Å². The molecule has 0 aliphatic heterocycles. The lowest BCUT2D eigenvalue weighted by atomic mass is 10.1. The molecule has 0 saturated heterocycles. The summed E-state index contributed by atoms with van der Waals surface area (Å²) in [6, 6.07) is 9.92. The molecule has 0 radical (unpaired) electrons. The Hall–Kier alpha value is -1.68. The van der Waals surface area contributed by atoms with Crippen LogP contribution in [0.25, 0.3) is 11.3 Å². The fraction of sp³-hybridized carbons (Fsp3) is 0.375. The molecule has 3 nitrogen and oxygen atoms in total. The summed E-state index contributed by atoms with van der Waals surface area (Å²) in [6.45, 7) is 6.17. The number of aromatic amines is 1. The molecule has 0 bridgehead atoms. The van der Waals surface area contributed by atoms with Crippen molar-refractivity contribution in [2.45, 2.75) is 39.7 Å². The first-order valence-electron chi connectivity index (χ1n) is 6.96. The van der Waals surface area contributed by atoms with Crippen LogP contribution < -0.4 is 4.74 Å². The third-order valence-corrected chi connectivity index (χ3v) is 3.02. The fourth-order valence-corrected chi connectivity index (χ4v) is 2.23. The standard InChI is InChI=1S/C16H20N2OS/c1-4-5-15-17-14(10-16(20)18-15)12-6-8-13(9-7-12)19-11(2)3/h6-11H,4-5H2,1-3H3,(H,17,18,20). The molecule has 1 heterocycles. The van der Waals surface area contributed by atoms with E-state index in [0.29, 0.717) is 4.64 Å². The second-order valence-corrected chi connectivity index (χ2v) is 5.44. The molecule has 106 valence electrons. The summed E-state index contributed by atoms with van der Waals surface area (Å²) in [5.41, 5.74) is 2.09. The summed E-state index contributed by atoms with van der Waals surface area (Å²) in [4.78, 5) is 7.68. The minimum absolute atomic E-state index is 0.184. The minimum atomic E-state index is 0.184. The van der Waals surface area contributed by atoms with E-state index in [9.17, 15) is 0 Å². The number of aromatic nitrogens is 2. The first-order valence-corrected chi connectivity index (χ1v) is 7.36. The van der Waals surface area contributed by atoms with Crippen molar-refractivity contribution in [1.29, 1.82) is 0 Å². The van der Waals surface area contributed by atoms with Gasteiger partial charge in [-0.15, -0.1) is 0 Å². The van der Waals surface area contributed by atoms with Crippen LogP contribution in [0.2, 0.25) is 0 Å². The van der Waals surface area contributed by atoms with Gasteiger partial charge in [0.05, 0.1) is 6.10 Å². The van der Waals surface area contributed by atoms with Gasteiger partial charge in [-0.2, -0.15) is 0 Å². The maximum Gasteiger partial charge on any atom is 0.130 e. The lowest BCUT2D eigenvalue weighted by Crippen LogP contribution is -2.05. The van der Waals surface area contributed by atoms with Crippen molar-refractivity contribution in [1.82, 2.24) is 9.97 Å². The van der Waals surface area contributed by atoms with Crippen molar-refractivity contribution >= 4 is 12.2 Å². The Morgan fingerprint density at radius 1 is 1.25 bits per heavy atom. The van der Waals surface area contributed by atoms with Gasteiger partial charge in [0.15, 0.2) is 0 Å². The van der Waals surface area contributed by atoms with Crippen LogP contribution in [0.3, 0.4) is 0 Å². The smallest absolute Gasteiger partial charge is 0.130 e. The van der Waals surface area contributed by atoms with Crippen molar-refractivity contribution in [2.24, 2.45) is 0 Å². The highest BCUT2D eigenvalue weighted by Gasteiger charge is 2.03. The van der Waals surface area contributed by atoms with Crippen molar-refractivity contribution in [2.75, 3.05) is 0 Å². The van der Waals surface area contributed by atoms with E-state index in [-0.39, 0.29) is 6.10 Å². The van der Waals surface area contributed by atoms with Crippen LogP contribution in [-0.2, 0) is 6.42 Å². The molecule has 0 unspecified atom stereocenters. The highest BCUT2D eigenvalue weighted by molar-refractivity contribution is 7.71. The van der Waals surface area contributed by atoms with Crippen molar-refractivity contribution in [3.05, 3.63) is 40.8 Å². The van der Waals surface area contributed by atoms with E-state index in [4.69, 9.17) is 17.0 Å². The van der Waals surface area contributed by atoms with Gasteiger partial charge < -0.3 is 9.72 Å². The van der Waals surface area contributed by atoms with Gasteiger partial charge in [0.2, 0.25) is 0 Å². The van der Waals surface area contributed by atoms with E-state index in [1.807, 2.05) is 44.2 Å². The van der Waals surface area contributed by atoms with Gasteiger partial charge in [0.25, 0.3) is 0 Å². The normalized spacial score (nSPS) is 10.8. The van der Waals surface area contributed by atoms with Crippen molar-refractivity contribution in [3.8, 4) is 17.0 Å². The molecule has 4 heteroatoms. The second-order valence-electron chi connectivity index (χ2n) is 5.02. The summed E-state index contributed by atoms with van der Waals surface area (Å²) in [5.74, 6) is 1.82. The number of hydrogen-bond donors (Lipinski definition) is 1. The SMILES string of the molecule is CCCc1nc(=S)cc(-c2ccc(OC(C)C)cc2)[nH]1. The number of hydrogen-bond acceptors (Lipinski definition) is 3. The molecule has 0 atom stereocenters. The zero-order valence-electron chi connectivity index (χ0n) is 12.1. The Morgan fingerprint density at radius 2 is 1.95 bits per heavy atom. The van der Waals surface area contributed by atoms with Gasteiger partial charge in [-0.25, -0.2) is 4.98 Å². The zero-order chi connectivity index (χ0) is 14.5. The van der Waals surface area contributed by atoms with Gasteiger partial charge in [-0.3, -0.25) is 0 Å². The summed E-state index contributed by atoms with van der Waals surface area (Å²) in [6.07, 6.45) is 2.14. The number of benzene rings is 1. The quantitative estimate of drug-likeness (QED) is 0.820. The van der Waals surface area contributed by atoms with Crippen LogP contribution >= 0.6 is 12.2 Å². The Bertz CT molecular complexity index is 617. The highest BCUT2D eigenvalue weighted by atomic mass is 32.1. The van der Waals surface area contributed by atoms with E-state index >= 15 is 0 Å². The topological polar surface area (TPSA) is 37.9 Å². The number of rotatable bonds is 5. The average Bonchev–Trinajstić information content (AvgIpc) is 2.38. The maximum absolute atomic E-state index is 5.65. The zero-order valence-corrected chi connectivity index (χ0v) is 13.0. The van der Waals surface area contributed by atoms with Crippen LogP contribution in [0, 0.1) is 4.64 Å². The fourth-order valence-electron chi connectivity index (χ4n) is 2.00. The van der Waals surface area contributed by atoms with Crippen molar-refractivity contribution < 1.29 is 4.74 Å². The maximum atomic E-state index is 5.65. The van der Waals surface area contributed by atoms with Gasteiger partial charge in [-0.1, -0.05) is 19.1 Å². The van der Waals surface area contributed by atoms with E-state index in [2.05, 4.69) is 16.9 Å². The molecule has 20 heavy (non-hydrogen) atoms. The Morgan fingerprint density at radius 3 is 2.55 bits per heavy atom. The number of aryl methyl sites for hydroxylation is 1. The molecular weight excluding hydrogens is 268 g/mol. The van der Waals surface area contributed by atoms with Crippen molar-refractivity contribution in [3.63, 3.8) is 0 Å². The van der Waals surface area contributed by atoms with Crippen LogP contribution in [0.4, 0.5) is 0 Å². The van der Waals surface area contributed by atoms with Gasteiger partial charge in [-0.05, 0) is 56.2 Å². The molecule has 1 aromatic carbocycles. The van der Waals surface area contributed by atoms with Gasteiger partial charge in [0.1, 0.15) is 16.2 Å². The number of nitrogens with one attached hydrogen (secondary N) is 1. The number of ether oxygens (including phenoxy) is 1. The van der Waals surface area contributed by atoms with Gasteiger partial charge in [0, 0.05) is 12.1 Å². The Balaban J connectivity index is 2.29. The number of nitrogens with zero attached hydrogens (tertiary/aromatic N) is 1. The third-order valence-electron chi connectivity index (χ3n) is 2.82. The molecule has 0 amide bonds. The average molecular weight is 288 g/mol. The van der Waals surface area contributed by atoms with E-state index in [1.54, 1.807) is 0 Å². The molecule has 2 rings (SSSR count). The molecule has 1 N–H and O–H groups in total. The van der Waals surface area contributed by atoms with E-state index < -0.39 is 0 Å². The molecule has 2 aromatic rings. The lowest BCUT2D eigenvalue weighted by molar-refractivity contribution is 0.242. The Kier molecular flexibility index (Phi) is 4.90. The van der Waals surface area contributed by atoms with Gasteiger partial charge >= 0.3 is 0 Å². The largest absolute Gasteiger partial charge is 0.491 e. The Labute approximate surface area is 125 Å². The lowest BCUT2D eigenvalue weighted by Gasteiger charge is -2.10. The predicted molar refractivity (Wildman–Crippen MR) is 84.6 cm³/mol. The summed E-state index contributed by atoms with van der Waals surface area (Å²) in [5, 5.41) is 0. The first-order chi connectivity index (χ1) is 9.58. The first kappa shape index (κ1) is 14.7. The molecular formula is C16H20N2OS. The summed E-state index contributed by atoms with van der Waals surface area (Å²) >= 11 is 5.23. The van der Waals surface area contributed by atoms with Crippen LogP contribution in [0.15, 0.2) is 30.3 Å².